The van der Waals surface area contributed by atoms with Gasteiger partial charge in [0.05, 0.1) is 6.04 Å². The molecular weight excluding hydrogens is 262 g/mol. The standard InChI is InChI=1S/C17H25N3O/c1-4-6-15(18)17(21)20-11-9-19(10-12-20)16-8-5-7-13(2)14(16)3/h4-5,7-8,15H,1,6,9-12,18H2,2-3H3. The highest BCUT2D eigenvalue weighted by Crippen LogP contribution is 2.23. The van der Waals surface area contributed by atoms with E-state index >= 15 is 0 Å². The van der Waals surface area contributed by atoms with E-state index in [0.29, 0.717) is 6.42 Å². The van der Waals surface area contributed by atoms with Gasteiger partial charge in [-0.15, -0.1) is 6.58 Å². The second kappa shape index (κ2) is 6.76. The minimum atomic E-state index is -0.449. The van der Waals surface area contributed by atoms with Gasteiger partial charge in [0, 0.05) is 31.9 Å². The number of carbonyl (C=O) groups is 1. The van der Waals surface area contributed by atoms with Crippen LogP contribution in [0.25, 0.3) is 0 Å². The molecule has 0 aliphatic carbocycles. The van der Waals surface area contributed by atoms with Gasteiger partial charge in [-0.25, -0.2) is 0 Å². The molecule has 1 atom stereocenters. The number of amides is 1. The van der Waals surface area contributed by atoms with Gasteiger partial charge in [-0.3, -0.25) is 4.79 Å². The Labute approximate surface area is 127 Å². The van der Waals surface area contributed by atoms with Crippen molar-refractivity contribution >= 4 is 11.6 Å². The summed E-state index contributed by atoms with van der Waals surface area (Å²) >= 11 is 0. The van der Waals surface area contributed by atoms with E-state index in [1.54, 1.807) is 6.08 Å². The molecular formula is C17H25N3O. The molecule has 1 saturated heterocycles. The number of nitrogens with zero attached hydrogens (tertiary/aromatic N) is 2. The fraction of sp³-hybridized carbons (Fsp3) is 0.471. The summed E-state index contributed by atoms with van der Waals surface area (Å²) in [7, 11) is 0. The van der Waals surface area contributed by atoms with Crippen LogP contribution in [0.15, 0.2) is 30.9 Å². The molecule has 2 rings (SSSR count). The van der Waals surface area contributed by atoms with Crippen LogP contribution >= 0.6 is 0 Å². The number of hydrogen-bond acceptors (Lipinski definition) is 3. The SMILES string of the molecule is C=CCC(N)C(=O)N1CCN(c2cccc(C)c2C)CC1. The second-order valence-electron chi connectivity index (χ2n) is 5.66. The molecule has 0 bridgehead atoms. The first-order valence-corrected chi connectivity index (χ1v) is 7.51. The molecule has 114 valence electrons. The Balaban J connectivity index is 1.98. The summed E-state index contributed by atoms with van der Waals surface area (Å²) in [4.78, 5) is 16.4. The highest BCUT2D eigenvalue weighted by atomic mass is 16.2. The van der Waals surface area contributed by atoms with Crippen molar-refractivity contribution in [1.82, 2.24) is 4.90 Å². The van der Waals surface area contributed by atoms with E-state index in [9.17, 15) is 4.79 Å². The van der Waals surface area contributed by atoms with Gasteiger partial charge in [-0.1, -0.05) is 18.2 Å². The molecule has 21 heavy (non-hydrogen) atoms. The Morgan fingerprint density at radius 1 is 1.33 bits per heavy atom. The van der Waals surface area contributed by atoms with Crippen molar-refractivity contribution in [2.24, 2.45) is 5.73 Å². The van der Waals surface area contributed by atoms with Crippen LogP contribution in [0.2, 0.25) is 0 Å². The predicted molar refractivity (Wildman–Crippen MR) is 87.5 cm³/mol. The van der Waals surface area contributed by atoms with Gasteiger partial charge in [0.1, 0.15) is 0 Å². The van der Waals surface area contributed by atoms with Gasteiger partial charge < -0.3 is 15.5 Å². The van der Waals surface area contributed by atoms with Crippen LogP contribution in [0.5, 0.6) is 0 Å². The Morgan fingerprint density at radius 2 is 2.00 bits per heavy atom. The van der Waals surface area contributed by atoms with Gasteiger partial charge in [-0.05, 0) is 37.5 Å². The Hall–Kier alpha value is -1.81. The maximum Gasteiger partial charge on any atom is 0.239 e. The molecule has 1 unspecified atom stereocenters. The maximum atomic E-state index is 12.2. The summed E-state index contributed by atoms with van der Waals surface area (Å²) in [6, 6.07) is 5.93. The third-order valence-electron chi connectivity index (χ3n) is 4.25. The summed E-state index contributed by atoms with van der Waals surface area (Å²) in [6.07, 6.45) is 2.24. The summed E-state index contributed by atoms with van der Waals surface area (Å²) in [5.74, 6) is 0.0375. The zero-order valence-electron chi connectivity index (χ0n) is 13.0. The number of aryl methyl sites for hydroxylation is 1. The largest absolute Gasteiger partial charge is 0.368 e. The minimum Gasteiger partial charge on any atom is -0.368 e. The first-order valence-electron chi connectivity index (χ1n) is 7.51. The number of hydrogen-bond donors (Lipinski definition) is 1. The normalized spacial score (nSPS) is 16.7. The number of carbonyl (C=O) groups excluding carboxylic acids is 1. The molecule has 4 heteroatoms. The van der Waals surface area contributed by atoms with Crippen LogP contribution in [0.4, 0.5) is 5.69 Å². The molecule has 4 nitrogen and oxygen atoms in total. The molecule has 2 N–H and O–H groups in total. The Bertz CT molecular complexity index is 519. The fourth-order valence-electron chi connectivity index (χ4n) is 2.76. The molecule has 0 radical (unpaired) electrons. The zero-order chi connectivity index (χ0) is 15.4. The van der Waals surface area contributed by atoms with Crippen molar-refractivity contribution in [2.75, 3.05) is 31.1 Å². The lowest BCUT2D eigenvalue weighted by molar-refractivity contribution is -0.132. The Kier molecular flexibility index (Phi) is 5.02. The molecule has 0 spiro atoms. The molecule has 0 aromatic heterocycles. The van der Waals surface area contributed by atoms with E-state index in [1.165, 1.54) is 16.8 Å². The Morgan fingerprint density at radius 3 is 2.62 bits per heavy atom. The highest BCUT2D eigenvalue weighted by molar-refractivity contribution is 5.82. The van der Waals surface area contributed by atoms with Crippen molar-refractivity contribution < 1.29 is 4.79 Å². The molecule has 1 aromatic carbocycles. The summed E-state index contributed by atoms with van der Waals surface area (Å²) in [5.41, 5.74) is 9.77. The van der Waals surface area contributed by atoms with Crippen LogP contribution in [0.1, 0.15) is 17.5 Å². The molecule has 1 amide bonds. The molecule has 1 aliphatic rings. The van der Waals surface area contributed by atoms with E-state index in [4.69, 9.17) is 5.73 Å². The smallest absolute Gasteiger partial charge is 0.239 e. The average molecular weight is 287 g/mol. The third-order valence-corrected chi connectivity index (χ3v) is 4.25. The first-order chi connectivity index (χ1) is 10.0. The zero-order valence-corrected chi connectivity index (χ0v) is 13.0. The number of piperazine rings is 1. The molecule has 1 aliphatic heterocycles. The van der Waals surface area contributed by atoms with E-state index in [1.807, 2.05) is 4.90 Å². The molecule has 1 aromatic rings. The molecule has 1 fully saturated rings. The number of benzene rings is 1. The quantitative estimate of drug-likeness (QED) is 0.860. The molecule has 0 saturated carbocycles. The summed E-state index contributed by atoms with van der Waals surface area (Å²) < 4.78 is 0. The van der Waals surface area contributed by atoms with Crippen LogP contribution in [0, 0.1) is 13.8 Å². The van der Waals surface area contributed by atoms with Crippen LogP contribution in [-0.4, -0.2) is 43.0 Å². The lowest BCUT2D eigenvalue weighted by Crippen LogP contribution is -2.53. The van der Waals surface area contributed by atoms with E-state index < -0.39 is 6.04 Å². The first kappa shape index (κ1) is 15.6. The van der Waals surface area contributed by atoms with Gasteiger partial charge in [0.15, 0.2) is 0 Å². The van der Waals surface area contributed by atoms with Crippen molar-refractivity contribution in [3.63, 3.8) is 0 Å². The van der Waals surface area contributed by atoms with E-state index in [-0.39, 0.29) is 5.91 Å². The van der Waals surface area contributed by atoms with Crippen LogP contribution in [0.3, 0.4) is 0 Å². The van der Waals surface area contributed by atoms with Crippen molar-refractivity contribution in [3.05, 3.63) is 42.0 Å². The average Bonchev–Trinajstić information content (AvgIpc) is 2.50. The van der Waals surface area contributed by atoms with Gasteiger partial charge in [0.25, 0.3) is 0 Å². The van der Waals surface area contributed by atoms with Gasteiger partial charge in [0.2, 0.25) is 5.91 Å². The predicted octanol–water partition coefficient (Wildman–Crippen LogP) is 1.86. The van der Waals surface area contributed by atoms with Gasteiger partial charge in [-0.2, -0.15) is 0 Å². The number of nitrogens with two attached hydrogens (primary N) is 1. The lowest BCUT2D eigenvalue weighted by atomic mass is 10.1. The minimum absolute atomic E-state index is 0.0375. The van der Waals surface area contributed by atoms with Crippen molar-refractivity contribution in [1.29, 1.82) is 0 Å². The topological polar surface area (TPSA) is 49.6 Å². The van der Waals surface area contributed by atoms with E-state index in [0.717, 1.165) is 26.2 Å². The lowest BCUT2D eigenvalue weighted by Gasteiger charge is -2.37. The van der Waals surface area contributed by atoms with Crippen LogP contribution in [-0.2, 0) is 4.79 Å². The number of rotatable bonds is 4. The number of anilines is 1. The summed E-state index contributed by atoms with van der Waals surface area (Å²) in [6.45, 7) is 11.1. The third kappa shape index (κ3) is 3.45. The monoisotopic (exact) mass is 287 g/mol. The molecule has 1 heterocycles. The van der Waals surface area contributed by atoms with Crippen molar-refractivity contribution in [3.8, 4) is 0 Å². The van der Waals surface area contributed by atoms with Crippen molar-refractivity contribution in [2.45, 2.75) is 26.3 Å². The van der Waals surface area contributed by atoms with E-state index in [2.05, 4.69) is 43.5 Å². The summed E-state index contributed by atoms with van der Waals surface area (Å²) in [5, 5.41) is 0. The maximum absolute atomic E-state index is 12.2. The van der Waals surface area contributed by atoms with Gasteiger partial charge >= 0.3 is 0 Å². The fourth-order valence-corrected chi connectivity index (χ4v) is 2.76. The second-order valence-corrected chi connectivity index (χ2v) is 5.66. The highest BCUT2D eigenvalue weighted by Gasteiger charge is 2.25. The van der Waals surface area contributed by atoms with Crippen LogP contribution < -0.4 is 10.6 Å².